The van der Waals surface area contributed by atoms with Crippen molar-refractivity contribution in [3.05, 3.63) is 30.1 Å². The van der Waals surface area contributed by atoms with Crippen molar-refractivity contribution in [3.63, 3.8) is 0 Å². The van der Waals surface area contributed by atoms with Crippen LogP contribution in [0.1, 0.15) is 18.1 Å². The fraction of sp³-hybridized carbons (Fsp3) is 0.500. The lowest BCUT2D eigenvalue weighted by atomic mass is 10.1. The third kappa shape index (κ3) is 1.77. The van der Waals surface area contributed by atoms with Crippen molar-refractivity contribution in [1.29, 1.82) is 0 Å². The summed E-state index contributed by atoms with van der Waals surface area (Å²) >= 11 is 0. The molecule has 2 rings (SSSR count). The normalized spacial score (nSPS) is 32.0. The van der Waals surface area contributed by atoms with E-state index in [9.17, 15) is 5.11 Å². The highest BCUT2D eigenvalue weighted by atomic mass is 16.5. The molecule has 4 heteroatoms. The number of pyridine rings is 1. The molecular formula is C10H13NO3. The van der Waals surface area contributed by atoms with Crippen molar-refractivity contribution in [2.24, 2.45) is 0 Å². The van der Waals surface area contributed by atoms with Crippen molar-refractivity contribution < 1.29 is 14.9 Å². The average Bonchev–Trinajstić information content (AvgIpc) is 2.61. The van der Waals surface area contributed by atoms with Gasteiger partial charge < -0.3 is 14.9 Å². The molecule has 1 aromatic rings. The summed E-state index contributed by atoms with van der Waals surface area (Å²) in [6, 6.07) is 3.74. The minimum atomic E-state index is -0.579. The van der Waals surface area contributed by atoms with Gasteiger partial charge in [0.05, 0.1) is 18.8 Å². The summed E-state index contributed by atoms with van der Waals surface area (Å²) in [5.74, 6) is 0. The quantitative estimate of drug-likeness (QED) is 0.710. The first-order chi connectivity index (χ1) is 6.81. The second-order valence-electron chi connectivity index (χ2n) is 3.44. The van der Waals surface area contributed by atoms with Crippen LogP contribution in [0.3, 0.4) is 0 Å². The van der Waals surface area contributed by atoms with E-state index < -0.39 is 12.2 Å². The van der Waals surface area contributed by atoms with Gasteiger partial charge in [-0.3, -0.25) is 4.98 Å². The van der Waals surface area contributed by atoms with E-state index in [1.54, 1.807) is 12.4 Å². The molecule has 3 atom stereocenters. The molecule has 1 saturated heterocycles. The first-order valence-electron chi connectivity index (χ1n) is 4.65. The maximum Gasteiger partial charge on any atom is 0.107 e. The Kier molecular flexibility index (Phi) is 2.77. The van der Waals surface area contributed by atoms with Gasteiger partial charge in [-0.15, -0.1) is 0 Å². The second-order valence-corrected chi connectivity index (χ2v) is 3.44. The number of aliphatic hydroxyl groups is 2. The molecule has 0 amide bonds. The maximum atomic E-state index is 9.52. The Balaban J connectivity index is 2.09. The molecule has 2 heterocycles. The van der Waals surface area contributed by atoms with Crippen LogP contribution in [0.2, 0.25) is 0 Å². The van der Waals surface area contributed by atoms with E-state index in [0.717, 1.165) is 5.56 Å². The molecule has 0 saturated carbocycles. The summed E-state index contributed by atoms with van der Waals surface area (Å²) in [4.78, 5) is 3.98. The molecule has 0 aromatic carbocycles. The van der Waals surface area contributed by atoms with Crippen molar-refractivity contribution >= 4 is 0 Å². The standard InChI is InChI=1S/C10H13NO3/c12-6-10-8(13)4-9(14-10)7-2-1-3-11-5-7/h1-3,5,8-10,12-13H,4,6H2/t8?,9-,10?/m1/s1. The summed E-state index contributed by atoms with van der Waals surface area (Å²) in [6.07, 6.45) is 2.76. The SMILES string of the molecule is OCC1O[C@@H](c2cccnc2)CC1O. The van der Waals surface area contributed by atoms with Gasteiger partial charge in [0.1, 0.15) is 6.10 Å². The van der Waals surface area contributed by atoms with Gasteiger partial charge >= 0.3 is 0 Å². The lowest BCUT2D eigenvalue weighted by Crippen LogP contribution is -2.24. The zero-order valence-corrected chi connectivity index (χ0v) is 7.71. The number of aromatic nitrogens is 1. The molecule has 0 bridgehead atoms. The third-order valence-corrected chi connectivity index (χ3v) is 2.46. The lowest BCUT2D eigenvalue weighted by Gasteiger charge is -2.11. The Bertz CT molecular complexity index is 291. The number of hydrogen-bond acceptors (Lipinski definition) is 4. The molecule has 1 aromatic heterocycles. The van der Waals surface area contributed by atoms with Gasteiger partial charge in [0.2, 0.25) is 0 Å². The Morgan fingerprint density at radius 2 is 2.43 bits per heavy atom. The smallest absolute Gasteiger partial charge is 0.107 e. The zero-order chi connectivity index (χ0) is 9.97. The average molecular weight is 195 g/mol. The summed E-state index contributed by atoms with van der Waals surface area (Å²) in [5.41, 5.74) is 0.947. The van der Waals surface area contributed by atoms with E-state index in [1.165, 1.54) is 0 Å². The van der Waals surface area contributed by atoms with Crippen molar-refractivity contribution in [2.75, 3.05) is 6.61 Å². The molecule has 0 radical (unpaired) electrons. The monoisotopic (exact) mass is 195 g/mol. The minimum absolute atomic E-state index is 0.141. The fourth-order valence-corrected chi connectivity index (χ4v) is 1.67. The Morgan fingerprint density at radius 3 is 3.00 bits per heavy atom. The van der Waals surface area contributed by atoms with E-state index >= 15 is 0 Å². The van der Waals surface area contributed by atoms with Crippen LogP contribution in [-0.4, -0.2) is 34.0 Å². The summed E-state index contributed by atoms with van der Waals surface area (Å²) in [7, 11) is 0. The maximum absolute atomic E-state index is 9.52. The number of aliphatic hydroxyl groups excluding tert-OH is 2. The van der Waals surface area contributed by atoms with Crippen LogP contribution in [0.5, 0.6) is 0 Å². The molecule has 76 valence electrons. The Morgan fingerprint density at radius 1 is 1.57 bits per heavy atom. The molecule has 2 unspecified atom stereocenters. The summed E-state index contributed by atoms with van der Waals surface area (Å²) in [6.45, 7) is -0.141. The zero-order valence-electron chi connectivity index (χ0n) is 7.71. The van der Waals surface area contributed by atoms with E-state index in [-0.39, 0.29) is 12.7 Å². The minimum Gasteiger partial charge on any atom is -0.394 e. The number of ether oxygens (including phenoxy) is 1. The number of hydrogen-bond donors (Lipinski definition) is 2. The van der Waals surface area contributed by atoms with Gasteiger partial charge in [-0.05, 0) is 11.6 Å². The summed E-state index contributed by atoms with van der Waals surface area (Å²) in [5, 5.41) is 18.4. The topological polar surface area (TPSA) is 62.6 Å². The Hall–Kier alpha value is -0.970. The highest BCUT2D eigenvalue weighted by Gasteiger charge is 2.34. The molecule has 4 nitrogen and oxygen atoms in total. The predicted octanol–water partition coefficient (Wildman–Crippen LogP) is 0.265. The number of nitrogens with zero attached hydrogens (tertiary/aromatic N) is 1. The molecule has 1 aliphatic rings. The molecule has 1 aliphatic heterocycles. The van der Waals surface area contributed by atoms with Crippen molar-refractivity contribution in [1.82, 2.24) is 4.98 Å². The first-order valence-corrected chi connectivity index (χ1v) is 4.65. The second kappa shape index (κ2) is 4.04. The van der Waals surface area contributed by atoms with Crippen LogP contribution in [0.15, 0.2) is 24.5 Å². The molecule has 14 heavy (non-hydrogen) atoms. The van der Waals surface area contributed by atoms with Crippen molar-refractivity contribution in [3.8, 4) is 0 Å². The molecule has 0 spiro atoms. The van der Waals surface area contributed by atoms with Gasteiger partial charge in [0, 0.05) is 18.8 Å². The number of rotatable bonds is 2. The highest BCUT2D eigenvalue weighted by Crippen LogP contribution is 2.32. The van der Waals surface area contributed by atoms with Crippen LogP contribution in [0, 0.1) is 0 Å². The van der Waals surface area contributed by atoms with Crippen LogP contribution in [0.4, 0.5) is 0 Å². The predicted molar refractivity (Wildman–Crippen MR) is 49.6 cm³/mol. The van der Waals surface area contributed by atoms with E-state index in [1.807, 2.05) is 12.1 Å². The van der Waals surface area contributed by atoms with E-state index in [2.05, 4.69) is 4.98 Å². The molecule has 1 fully saturated rings. The molecule has 2 N–H and O–H groups in total. The van der Waals surface area contributed by atoms with Crippen molar-refractivity contribution in [2.45, 2.75) is 24.7 Å². The van der Waals surface area contributed by atoms with Gasteiger partial charge in [0.25, 0.3) is 0 Å². The van der Waals surface area contributed by atoms with Crippen LogP contribution in [-0.2, 0) is 4.74 Å². The van der Waals surface area contributed by atoms with Crippen LogP contribution < -0.4 is 0 Å². The van der Waals surface area contributed by atoms with Gasteiger partial charge in [0.15, 0.2) is 0 Å². The van der Waals surface area contributed by atoms with Crippen LogP contribution in [0.25, 0.3) is 0 Å². The van der Waals surface area contributed by atoms with Gasteiger partial charge in [-0.25, -0.2) is 0 Å². The summed E-state index contributed by atoms with van der Waals surface area (Å²) < 4.78 is 5.47. The molecule has 0 aliphatic carbocycles. The van der Waals surface area contributed by atoms with Gasteiger partial charge in [-0.2, -0.15) is 0 Å². The van der Waals surface area contributed by atoms with E-state index in [0.29, 0.717) is 6.42 Å². The highest BCUT2D eigenvalue weighted by molar-refractivity contribution is 5.14. The molecular weight excluding hydrogens is 182 g/mol. The van der Waals surface area contributed by atoms with Gasteiger partial charge in [-0.1, -0.05) is 6.07 Å². The Labute approximate surface area is 82.2 Å². The lowest BCUT2D eigenvalue weighted by molar-refractivity contribution is -0.0226. The first kappa shape index (κ1) is 9.58. The largest absolute Gasteiger partial charge is 0.394 e. The van der Waals surface area contributed by atoms with Crippen LogP contribution >= 0.6 is 0 Å². The van der Waals surface area contributed by atoms with E-state index in [4.69, 9.17) is 9.84 Å². The third-order valence-electron chi connectivity index (χ3n) is 2.46. The fourth-order valence-electron chi connectivity index (χ4n) is 1.67.